The first-order valence-electron chi connectivity index (χ1n) is 10.2. The quantitative estimate of drug-likeness (QED) is 0.693. The Hall–Kier alpha value is -1.60. The van der Waals surface area contributed by atoms with E-state index in [2.05, 4.69) is 0 Å². The predicted molar refractivity (Wildman–Crippen MR) is 110 cm³/mol. The summed E-state index contributed by atoms with van der Waals surface area (Å²) in [5.41, 5.74) is 1.11. The van der Waals surface area contributed by atoms with E-state index in [1.807, 2.05) is 41.1 Å². The van der Waals surface area contributed by atoms with Crippen LogP contribution in [0, 0.1) is 0 Å². The minimum Gasteiger partial charge on any atom is -0.497 e. The molecule has 1 aliphatic heterocycles. The third-order valence-electron chi connectivity index (χ3n) is 5.87. The van der Waals surface area contributed by atoms with Crippen molar-refractivity contribution in [3.8, 4) is 5.75 Å². The van der Waals surface area contributed by atoms with Crippen LogP contribution in [-0.4, -0.2) is 68.4 Å². The first-order valence-corrected chi connectivity index (χ1v) is 12.0. The maximum absolute atomic E-state index is 13.2. The number of nitrogens with zero attached hydrogens (tertiary/aromatic N) is 2. The zero-order chi connectivity index (χ0) is 20.1. The molecule has 1 saturated heterocycles. The number of carbonyl (C=O) groups is 1. The number of ether oxygens (including phenoxy) is 1. The van der Waals surface area contributed by atoms with E-state index in [0.717, 1.165) is 37.0 Å². The Labute approximate surface area is 168 Å². The Kier molecular flexibility index (Phi) is 6.99. The van der Waals surface area contributed by atoms with Crippen molar-refractivity contribution in [3.63, 3.8) is 0 Å². The second kappa shape index (κ2) is 9.27. The number of hydrogen-bond donors (Lipinski definition) is 0. The van der Waals surface area contributed by atoms with Gasteiger partial charge in [-0.1, -0.05) is 31.4 Å². The molecule has 0 radical (unpaired) electrons. The Balaban J connectivity index is 1.65. The fourth-order valence-corrected chi connectivity index (χ4v) is 6.18. The molecule has 28 heavy (non-hydrogen) atoms. The second-order valence-electron chi connectivity index (χ2n) is 8.17. The van der Waals surface area contributed by atoms with Crippen molar-refractivity contribution in [2.75, 3.05) is 32.2 Å². The van der Waals surface area contributed by atoms with Crippen LogP contribution in [0.4, 0.5) is 0 Å². The first-order chi connectivity index (χ1) is 13.4. The fraction of sp³-hybridized carbons (Fsp3) is 0.667. The van der Waals surface area contributed by atoms with Crippen LogP contribution in [0.2, 0.25) is 0 Å². The Morgan fingerprint density at radius 1 is 1.07 bits per heavy atom. The van der Waals surface area contributed by atoms with Gasteiger partial charge in [-0.15, -0.1) is 0 Å². The maximum Gasteiger partial charge on any atom is 0.237 e. The summed E-state index contributed by atoms with van der Waals surface area (Å²) in [6.07, 6.45) is 6.01. The molecule has 1 atom stereocenters. The zero-order valence-electron chi connectivity index (χ0n) is 17.0. The Morgan fingerprint density at radius 3 is 2.32 bits per heavy atom. The van der Waals surface area contributed by atoms with E-state index < -0.39 is 9.84 Å². The molecule has 0 spiro atoms. The Morgan fingerprint density at radius 2 is 1.75 bits per heavy atom. The van der Waals surface area contributed by atoms with Gasteiger partial charge in [0, 0.05) is 18.6 Å². The monoisotopic (exact) mass is 408 g/mol. The van der Waals surface area contributed by atoms with Gasteiger partial charge in [-0.25, -0.2) is 8.42 Å². The van der Waals surface area contributed by atoms with E-state index in [9.17, 15) is 13.2 Å². The van der Waals surface area contributed by atoms with E-state index in [-0.39, 0.29) is 29.5 Å². The maximum atomic E-state index is 13.2. The molecule has 2 aliphatic rings. The summed E-state index contributed by atoms with van der Waals surface area (Å²) in [7, 11) is 0.563. The second-order valence-corrected chi connectivity index (χ2v) is 10.4. The van der Waals surface area contributed by atoms with Crippen molar-refractivity contribution in [1.82, 2.24) is 9.80 Å². The van der Waals surface area contributed by atoms with Crippen LogP contribution in [-0.2, 0) is 21.2 Å². The molecule has 3 rings (SSSR count). The van der Waals surface area contributed by atoms with Crippen molar-refractivity contribution in [3.05, 3.63) is 29.8 Å². The molecule has 7 heteroatoms. The molecule has 0 N–H and O–H groups in total. The lowest BCUT2D eigenvalue weighted by atomic mass is 9.93. The van der Waals surface area contributed by atoms with Crippen molar-refractivity contribution < 1.29 is 17.9 Å². The molecular formula is C21H32N2O4S. The normalized spacial score (nSPS) is 22.3. The van der Waals surface area contributed by atoms with E-state index in [1.165, 1.54) is 6.42 Å². The molecule has 0 bridgehead atoms. The van der Waals surface area contributed by atoms with Gasteiger partial charge in [0.25, 0.3) is 0 Å². The molecule has 1 aromatic rings. The molecule has 0 aromatic heterocycles. The molecule has 1 amide bonds. The van der Waals surface area contributed by atoms with E-state index >= 15 is 0 Å². The first kappa shape index (κ1) is 21.1. The highest BCUT2D eigenvalue weighted by Gasteiger charge is 2.38. The van der Waals surface area contributed by atoms with E-state index in [4.69, 9.17) is 4.74 Å². The number of amides is 1. The third kappa shape index (κ3) is 5.47. The average molecular weight is 409 g/mol. The minimum atomic E-state index is -3.02. The van der Waals surface area contributed by atoms with E-state index in [0.29, 0.717) is 19.5 Å². The summed E-state index contributed by atoms with van der Waals surface area (Å²) in [5.74, 6) is 1.20. The van der Waals surface area contributed by atoms with Gasteiger partial charge in [-0.3, -0.25) is 9.69 Å². The van der Waals surface area contributed by atoms with Crippen LogP contribution in [0.15, 0.2) is 24.3 Å². The molecule has 1 saturated carbocycles. The van der Waals surface area contributed by atoms with Crippen molar-refractivity contribution in [1.29, 1.82) is 0 Å². The molecule has 1 aliphatic carbocycles. The number of carbonyl (C=O) groups excluding carboxylic acids is 1. The molecular weight excluding hydrogens is 376 g/mol. The third-order valence-corrected chi connectivity index (χ3v) is 7.62. The highest BCUT2D eigenvalue weighted by molar-refractivity contribution is 7.91. The fourth-order valence-electron chi connectivity index (χ4n) is 4.47. The van der Waals surface area contributed by atoms with Crippen LogP contribution < -0.4 is 4.74 Å². The highest BCUT2D eigenvalue weighted by atomic mass is 32.2. The number of rotatable bonds is 7. The smallest absolute Gasteiger partial charge is 0.237 e. The van der Waals surface area contributed by atoms with Gasteiger partial charge in [0.05, 0.1) is 25.2 Å². The SMILES string of the molecule is COc1ccc(CN(C)CC(=O)N(C2CCCCC2)C2CCS(=O)(=O)C2)cc1. The number of methoxy groups -OCH3 is 1. The summed E-state index contributed by atoms with van der Waals surface area (Å²) in [6.45, 7) is 0.969. The van der Waals surface area contributed by atoms with Gasteiger partial charge in [-0.2, -0.15) is 0 Å². The summed E-state index contributed by atoms with van der Waals surface area (Å²) in [6, 6.07) is 7.87. The van der Waals surface area contributed by atoms with Crippen LogP contribution in [0.5, 0.6) is 5.75 Å². The van der Waals surface area contributed by atoms with Gasteiger partial charge >= 0.3 is 0 Å². The number of benzene rings is 1. The summed E-state index contributed by atoms with van der Waals surface area (Å²) >= 11 is 0. The predicted octanol–water partition coefficient (Wildman–Crippen LogP) is 2.48. The summed E-state index contributed by atoms with van der Waals surface area (Å²) in [4.78, 5) is 17.2. The van der Waals surface area contributed by atoms with Crippen molar-refractivity contribution in [2.24, 2.45) is 0 Å². The van der Waals surface area contributed by atoms with Crippen LogP contribution >= 0.6 is 0 Å². The summed E-state index contributed by atoms with van der Waals surface area (Å²) < 4.78 is 29.2. The molecule has 1 heterocycles. The van der Waals surface area contributed by atoms with Gasteiger partial charge < -0.3 is 9.64 Å². The Bertz CT molecular complexity index is 757. The van der Waals surface area contributed by atoms with Gasteiger partial charge in [0.15, 0.2) is 9.84 Å². The lowest BCUT2D eigenvalue weighted by Crippen LogP contribution is -2.51. The number of likely N-dealkylation sites (N-methyl/N-ethyl adjacent to an activating group) is 1. The lowest BCUT2D eigenvalue weighted by molar-refractivity contribution is -0.137. The lowest BCUT2D eigenvalue weighted by Gasteiger charge is -2.39. The molecule has 1 unspecified atom stereocenters. The standard InChI is InChI=1S/C21H32N2O4S/c1-22(14-17-8-10-20(27-2)11-9-17)15-21(24)23(18-6-4-3-5-7-18)19-12-13-28(25,26)16-19/h8-11,18-19H,3-7,12-16H2,1-2H3. The largest absolute Gasteiger partial charge is 0.497 e. The number of sulfone groups is 1. The van der Waals surface area contributed by atoms with Crippen LogP contribution in [0.1, 0.15) is 44.1 Å². The average Bonchev–Trinajstić information content (AvgIpc) is 3.02. The van der Waals surface area contributed by atoms with Crippen LogP contribution in [0.3, 0.4) is 0 Å². The van der Waals surface area contributed by atoms with Crippen molar-refractivity contribution in [2.45, 2.75) is 57.2 Å². The van der Waals surface area contributed by atoms with Gasteiger partial charge in [0.1, 0.15) is 5.75 Å². The van der Waals surface area contributed by atoms with Gasteiger partial charge in [0.2, 0.25) is 5.91 Å². The van der Waals surface area contributed by atoms with Crippen LogP contribution in [0.25, 0.3) is 0 Å². The molecule has 6 nitrogen and oxygen atoms in total. The zero-order valence-corrected chi connectivity index (χ0v) is 17.8. The molecule has 2 fully saturated rings. The van der Waals surface area contributed by atoms with Gasteiger partial charge in [-0.05, 0) is 44.0 Å². The molecule has 156 valence electrons. The molecule has 1 aromatic carbocycles. The summed E-state index contributed by atoms with van der Waals surface area (Å²) in [5, 5.41) is 0. The highest BCUT2D eigenvalue weighted by Crippen LogP contribution is 2.28. The minimum absolute atomic E-state index is 0.0602. The van der Waals surface area contributed by atoms with E-state index in [1.54, 1.807) is 7.11 Å². The number of hydrogen-bond acceptors (Lipinski definition) is 5. The topological polar surface area (TPSA) is 66.9 Å². The van der Waals surface area contributed by atoms with Crippen molar-refractivity contribution >= 4 is 15.7 Å².